The van der Waals surface area contributed by atoms with Gasteiger partial charge in [0.1, 0.15) is 0 Å². The van der Waals surface area contributed by atoms with E-state index in [1.54, 1.807) is 20.3 Å². The van der Waals surface area contributed by atoms with Crippen molar-refractivity contribution in [2.24, 2.45) is 0 Å². The van der Waals surface area contributed by atoms with E-state index >= 15 is 0 Å². The lowest BCUT2D eigenvalue weighted by atomic mass is 10.0. The summed E-state index contributed by atoms with van der Waals surface area (Å²) >= 11 is 0. The Bertz CT molecular complexity index is 953. The Labute approximate surface area is 164 Å². The third-order valence-corrected chi connectivity index (χ3v) is 4.54. The Balaban J connectivity index is 1.55. The number of fused-ring (bicyclic) bond motifs is 1. The van der Waals surface area contributed by atoms with E-state index in [4.69, 9.17) is 9.47 Å². The van der Waals surface area contributed by atoms with Gasteiger partial charge in [0.25, 0.3) is 0 Å². The van der Waals surface area contributed by atoms with E-state index in [0.717, 1.165) is 21.9 Å². The van der Waals surface area contributed by atoms with E-state index in [2.05, 4.69) is 10.6 Å². The Morgan fingerprint density at radius 1 is 0.964 bits per heavy atom. The molecule has 0 fully saturated rings. The number of hydrogen-bond acceptors (Lipinski definition) is 4. The number of nitrogens with one attached hydrogen (secondary N) is 2. The molecule has 0 radical (unpaired) electrons. The maximum absolute atomic E-state index is 12.1. The van der Waals surface area contributed by atoms with Crippen molar-refractivity contribution in [3.63, 3.8) is 0 Å². The van der Waals surface area contributed by atoms with E-state index in [-0.39, 0.29) is 12.6 Å². The van der Waals surface area contributed by atoms with E-state index in [1.807, 2.05) is 54.6 Å². The smallest absolute Gasteiger partial charge is 0.315 e. The van der Waals surface area contributed by atoms with Gasteiger partial charge in [-0.05, 0) is 34.0 Å². The van der Waals surface area contributed by atoms with Gasteiger partial charge in [-0.15, -0.1) is 0 Å². The Hall–Kier alpha value is -3.25. The lowest BCUT2D eigenvalue weighted by Crippen LogP contribution is -2.37. The second-order valence-corrected chi connectivity index (χ2v) is 6.34. The van der Waals surface area contributed by atoms with Crippen LogP contribution in [0, 0.1) is 0 Å². The molecule has 1 atom stereocenters. The average Bonchev–Trinajstić information content (AvgIpc) is 2.75. The van der Waals surface area contributed by atoms with Crippen LogP contribution in [0.2, 0.25) is 0 Å². The highest BCUT2D eigenvalue weighted by Crippen LogP contribution is 2.27. The molecule has 2 amide bonds. The van der Waals surface area contributed by atoms with Crippen LogP contribution in [-0.4, -0.2) is 31.9 Å². The van der Waals surface area contributed by atoms with E-state index in [1.165, 1.54) is 0 Å². The Morgan fingerprint density at radius 3 is 2.50 bits per heavy atom. The molecule has 3 aromatic rings. The van der Waals surface area contributed by atoms with Crippen LogP contribution in [0.25, 0.3) is 10.8 Å². The normalized spacial score (nSPS) is 11.7. The molecule has 0 saturated carbocycles. The van der Waals surface area contributed by atoms with Gasteiger partial charge in [-0.25, -0.2) is 4.79 Å². The van der Waals surface area contributed by atoms with Gasteiger partial charge in [0, 0.05) is 13.1 Å². The van der Waals surface area contributed by atoms with Crippen molar-refractivity contribution < 1.29 is 19.4 Å². The minimum absolute atomic E-state index is 0.117. The highest BCUT2D eigenvalue weighted by atomic mass is 16.5. The first-order valence-corrected chi connectivity index (χ1v) is 9.00. The van der Waals surface area contributed by atoms with Crippen LogP contribution in [0.5, 0.6) is 11.5 Å². The molecule has 0 bridgehead atoms. The second kappa shape index (κ2) is 9.10. The molecule has 3 N–H and O–H groups in total. The predicted octanol–water partition coefficient (Wildman–Crippen LogP) is 3.39. The largest absolute Gasteiger partial charge is 0.493 e. The molecule has 0 aliphatic rings. The molecule has 6 nitrogen and oxygen atoms in total. The molecule has 0 aliphatic heterocycles. The molecule has 0 saturated heterocycles. The fraction of sp³-hybridized carbons (Fsp3) is 0.227. The average molecular weight is 380 g/mol. The lowest BCUT2D eigenvalue weighted by Gasteiger charge is -2.15. The van der Waals surface area contributed by atoms with Crippen LogP contribution >= 0.6 is 0 Å². The van der Waals surface area contributed by atoms with Gasteiger partial charge in [0.05, 0.1) is 20.3 Å². The predicted molar refractivity (Wildman–Crippen MR) is 109 cm³/mol. The summed E-state index contributed by atoms with van der Waals surface area (Å²) in [4.78, 5) is 12.1. The number of urea groups is 1. The molecule has 3 aromatic carbocycles. The van der Waals surface area contributed by atoms with Gasteiger partial charge >= 0.3 is 6.03 Å². The summed E-state index contributed by atoms with van der Waals surface area (Å²) in [6.07, 6.45) is -0.794. The van der Waals surface area contributed by atoms with Crippen LogP contribution in [0.1, 0.15) is 17.2 Å². The molecular weight excluding hydrogens is 356 g/mol. The summed E-state index contributed by atoms with van der Waals surface area (Å²) in [6.45, 7) is 0.447. The molecule has 3 rings (SSSR count). The maximum Gasteiger partial charge on any atom is 0.315 e. The van der Waals surface area contributed by atoms with Crippen molar-refractivity contribution >= 4 is 16.8 Å². The number of rotatable bonds is 7. The molecular formula is C22H24N2O4. The quantitative estimate of drug-likeness (QED) is 0.587. The van der Waals surface area contributed by atoms with Crippen LogP contribution in [0.4, 0.5) is 4.79 Å². The van der Waals surface area contributed by atoms with Crippen LogP contribution in [0.3, 0.4) is 0 Å². The summed E-state index contributed by atoms with van der Waals surface area (Å²) in [6, 6.07) is 18.7. The standard InChI is InChI=1S/C22H24N2O4/c1-27-20-11-10-15(12-21(20)28-2)13-23-22(26)24-14-19(25)18-9-5-7-16-6-3-4-8-17(16)18/h3-12,19,25H,13-14H2,1-2H3,(H2,23,24,26). The zero-order valence-electron chi connectivity index (χ0n) is 15.9. The summed E-state index contributed by atoms with van der Waals surface area (Å²) in [5, 5.41) is 18.0. The van der Waals surface area contributed by atoms with Crippen LogP contribution in [0.15, 0.2) is 60.7 Å². The second-order valence-electron chi connectivity index (χ2n) is 6.34. The minimum Gasteiger partial charge on any atom is -0.493 e. The van der Waals surface area contributed by atoms with Gasteiger partial charge in [0.15, 0.2) is 11.5 Å². The van der Waals surface area contributed by atoms with Crippen molar-refractivity contribution in [1.82, 2.24) is 10.6 Å². The number of ether oxygens (including phenoxy) is 2. The third kappa shape index (κ3) is 4.53. The van der Waals surface area contributed by atoms with Crippen LogP contribution < -0.4 is 20.1 Å². The highest BCUT2D eigenvalue weighted by molar-refractivity contribution is 5.86. The molecule has 6 heteroatoms. The first-order valence-electron chi connectivity index (χ1n) is 9.00. The fourth-order valence-corrected chi connectivity index (χ4v) is 3.08. The number of methoxy groups -OCH3 is 2. The maximum atomic E-state index is 12.1. The molecule has 28 heavy (non-hydrogen) atoms. The zero-order valence-corrected chi connectivity index (χ0v) is 15.9. The van der Waals surface area contributed by atoms with E-state index < -0.39 is 6.10 Å². The number of benzene rings is 3. The van der Waals surface area contributed by atoms with Gasteiger partial charge in [-0.3, -0.25) is 0 Å². The van der Waals surface area contributed by atoms with E-state index in [0.29, 0.717) is 18.0 Å². The first kappa shape index (κ1) is 19.5. The molecule has 1 unspecified atom stereocenters. The van der Waals surface area contributed by atoms with E-state index in [9.17, 15) is 9.90 Å². The van der Waals surface area contributed by atoms with Gasteiger partial charge in [0.2, 0.25) is 0 Å². The van der Waals surface area contributed by atoms with Crippen molar-refractivity contribution in [1.29, 1.82) is 0 Å². The number of carbonyl (C=O) groups excluding carboxylic acids is 1. The summed E-state index contributed by atoms with van der Waals surface area (Å²) in [5.41, 5.74) is 1.67. The number of carbonyl (C=O) groups is 1. The lowest BCUT2D eigenvalue weighted by molar-refractivity contribution is 0.174. The number of aliphatic hydroxyl groups is 1. The summed E-state index contributed by atoms with van der Waals surface area (Å²) < 4.78 is 10.5. The molecule has 0 heterocycles. The monoisotopic (exact) mass is 380 g/mol. The number of amides is 2. The van der Waals surface area contributed by atoms with Crippen molar-refractivity contribution in [3.05, 3.63) is 71.8 Å². The zero-order chi connectivity index (χ0) is 19.9. The van der Waals surface area contributed by atoms with Crippen LogP contribution in [-0.2, 0) is 6.54 Å². The van der Waals surface area contributed by atoms with Crippen molar-refractivity contribution in [2.75, 3.05) is 20.8 Å². The first-order chi connectivity index (χ1) is 13.6. The van der Waals surface area contributed by atoms with Gasteiger partial charge in [-0.1, -0.05) is 48.5 Å². The SMILES string of the molecule is COc1ccc(CNC(=O)NCC(O)c2cccc3ccccc23)cc1OC. The molecule has 0 spiro atoms. The Morgan fingerprint density at radius 2 is 1.71 bits per heavy atom. The van der Waals surface area contributed by atoms with Crippen molar-refractivity contribution in [3.8, 4) is 11.5 Å². The van der Waals surface area contributed by atoms with Gasteiger partial charge < -0.3 is 25.2 Å². The molecule has 0 aliphatic carbocycles. The highest BCUT2D eigenvalue weighted by Gasteiger charge is 2.12. The molecule has 0 aromatic heterocycles. The summed E-state index contributed by atoms with van der Waals surface area (Å²) in [5.74, 6) is 1.24. The summed E-state index contributed by atoms with van der Waals surface area (Å²) in [7, 11) is 3.14. The number of aliphatic hydroxyl groups excluding tert-OH is 1. The number of hydrogen-bond donors (Lipinski definition) is 3. The fourth-order valence-electron chi connectivity index (χ4n) is 3.08. The topological polar surface area (TPSA) is 79.8 Å². The Kier molecular flexibility index (Phi) is 6.34. The molecule has 146 valence electrons. The van der Waals surface area contributed by atoms with Crippen molar-refractivity contribution in [2.45, 2.75) is 12.6 Å². The van der Waals surface area contributed by atoms with Gasteiger partial charge in [-0.2, -0.15) is 0 Å². The minimum atomic E-state index is -0.794. The third-order valence-electron chi connectivity index (χ3n) is 4.54.